The highest BCUT2D eigenvalue weighted by molar-refractivity contribution is 8.05. The Bertz CT molecular complexity index is 795. The quantitative estimate of drug-likeness (QED) is 0.186. The fourth-order valence-corrected chi connectivity index (χ4v) is 5.93. The van der Waals surface area contributed by atoms with Crippen LogP contribution >= 0.6 is 24.0 Å². The molecule has 2 aliphatic rings. The molecule has 11 heteroatoms. The van der Waals surface area contributed by atoms with Crippen LogP contribution in [-0.2, 0) is 23.9 Å². The first-order valence-electron chi connectivity index (χ1n) is 10.4. The summed E-state index contributed by atoms with van der Waals surface area (Å²) in [5, 5.41) is 12.0. The number of hydrogen-bond acceptors (Lipinski definition) is 8. The molecule has 2 fully saturated rings. The van der Waals surface area contributed by atoms with Gasteiger partial charge in [0.15, 0.2) is 0 Å². The van der Waals surface area contributed by atoms with Crippen LogP contribution < -0.4 is 0 Å². The molecule has 174 valence electrons. The third-order valence-electron chi connectivity index (χ3n) is 6.22. The van der Waals surface area contributed by atoms with E-state index in [1.165, 1.54) is 11.8 Å². The van der Waals surface area contributed by atoms with Gasteiger partial charge in [0.2, 0.25) is 5.91 Å². The van der Waals surface area contributed by atoms with Gasteiger partial charge in [-0.1, -0.05) is 51.0 Å². The summed E-state index contributed by atoms with van der Waals surface area (Å²) < 4.78 is 11.6. The van der Waals surface area contributed by atoms with E-state index in [1.807, 2.05) is 39.3 Å². The number of amides is 1. The SMILES string of the molecule is CC(O)[C@H]1C(=O)N2[C@@H]1SC(=C=S)C2(C(=O)OC(C)[Si](C)(C)C)C(=O)OC(C)[Si](C)(C)C. The monoisotopic (exact) mass is 503 g/mol. The highest BCUT2D eigenvalue weighted by Crippen LogP contribution is 2.56. The van der Waals surface area contributed by atoms with Gasteiger partial charge in [-0.05, 0) is 38.0 Å². The molecule has 0 aromatic heterocycles. The Morgan fingerprint density at radius 3 is 1.81 bits per heavy atom. The maximum Gasteiger partial charge on any atom is 0.350 e. The van der Waals surface area contributed by atoms with Crippen molar-refractivity contribution in [2.45, 2.75) is 88.5 Å². The van der Waals surface area contributed by atoms with E-state index in [-0.39, 0.29) is 4.91 Å². The highest BCUT2D eigenvalue weighted by atomic mass is 32.2. The Morgan fingerprint density at radius 2 is 1.48 bits per heavy atom. The van der Waals surface area contributed by atoms with E-state index in [4.69, 9.17) is 21.7 Å². The molecule has 3 unspecified atom stereocenters. The Kier molecular flexibility index (Phi) is 7.42. The van der Waals surface area contributed by atoms with Gasteiger partial charge < -0.3 is 14.6 Å². The molecule has 0 spiro atoms. The summed E-state index contributed by atoms with van der Waals surface area (Å²) in [5.41, 5.74) is -2.92. The molecule has 0 saturated carbocycles. The Balaban J connectivity index is 2.58. The van der Waals surface area contributed by atoms with Gasteiger partial charge in [-0.2, -0.15) is 0 Å². The van der Waals surface area contributed by atoms with E-state index in [2.05, 4.69) is 5.02 Å². The second-order valence-electron chi connectivity index (χ2n) is 10.5. The molecule has 7 nitrogen and oxygen atoms in total. The van der Waals surface area contributed by atoms with Gasteiger partial charge in [0.1, 0.15) is 0 Å². The molecule has 1 N–H and O–H groups in total. The normalized spacial score (nSPS) is 28.8. The summed E-state index contributed by atoms with van der Waals surface area (Å²) in [5.74, 6) is -2.97. The summed E-state index contributed by atoms with van der Waals surface area (Å²) in [6.07, 6.45) is -0.933. The molecule has 5 atom stereocenters. The minimum Gasteiger partial charge on any atom is -0.464 e. The molecule has 2 rings (SSSR count). The number of esters is 2. The number of carbonyl (C=O) groups excluding carboxylic acids is 3. The zero-order valence-corrected chi connectivity index (χ0v) is 23.3. The minimum absolute atomic E-state index is 0.115. The average Bonchev–Trinajstić information content (AvgIpc) is 2.90. The molecule has 2 aliphatic heterocycles. The molecule has 31 heavy (non-hydrogen) atoms. The molecule has 0 radical (unpaired) electrons. The van der Waals surface area contributed by atoms with E-state index in [1.54, 1.807) is 13.8 Å². The van der Waals surface area contributed by atoms with Crippen molar-refractivity contribution >= 4 is 63.0 Å². The van der Waals surface area contributed by atoms with Crippen LogP contribution in [0.15, 0.2) is 4.91 Å². The van der Waals surface area contributed by atoms with Crippen LogP contribution in [0.3, 0.4) is 0 Å². The van der Waals surface area contributed by atoms with Crippen LogP contribution in [0, 0.1) is 5.92 Å². The number of aliphatic hydroxyl groups excluding tert-OH is 1. The van der Waals surface area contributed by atoms with Crippen LogP contribution in [0.5, 0.6) is 0 Å². The van der Waals surface area contributed by atoms with E-state index in [9.17, 15) is 19.5 Å². The lowest BCUT2D eigenvalue weighted by atomic mass is 9.85. The smallest absolute Gasteiger partial charge is 0.350 e. The predicted molar refractivity (Wildman–Crippen MR) is 130 cm³/mol. The second kappa shape index (κ2) is 8.76. The zero-order valence-electron chi connectivity index (χ0n) is 19.6. The molecular formula is C20H33NO6S2Si2. The molecule has 2 saturated heterocycles. The number of thioether (sulfide) groups is 1. The summed E-state index contributed by atoms with van der Waals surface area (Å²) in [7, 11) is -3.80. The number of aliphatic hydroxyl groups is 1. The van der Waals surface area contributed by atoms with Crippen LogP contribution in [0.1, 0.15) is 20.8 Å². The highest BCUT2D eigenvalue weighted by Gasteiger charge is 2.74. The first-order valence-corrected chi connectivity index (χ1v) is 18.8. The molecular weight excluding hydrogens is 471 g/mol. The third kappa shape index (κ3) is 4.45. The lowest BCUT2D eigenvalue weighted by molar-refractivity contribution is -0.189. The van der Waals surface area contributed by atoms with Crippen molar-refractivity contribution in [1.29, 1.82) is 0 Å². The van der Waals surface area contributed by atoms with Crippen LogP contribution in [-0.4, -0.2) is 77.5 Å². The van der Waals surface area contributed by atoms with Gasteiger partial charge in [0.05, 0.1) is 49.9 Å². The molecule has 0 aromatic carbocycles. The minimum atomic E-state index is -2.11. The van der Waals surface area contributed by atoms with Gasteiger partial charge in [-0.15, -0.1) is 0 Å². The van der Waals surface area contributed by atoms with Crippen molar-refractivity contribution in [2.24, 2.45) is 5.92 Å². The Morgan fingerprint density at radius 1 is 1.06 bits per heavy atom. The van der Waals surface area contributed by atoms with Crippen molar-refractivity contribution in [1.82, 2.24) is 4.90 Å². The number of thiocarbonyl (C=S) groups is 1. The number of nitrogens with zero attached hydrogens (tertiary/aromatic N) is 1. The summed E-state index contributed by atoms with van der Waals surface area (Å²) in [4.78, 5) is 41.5. The van der Waals surface area contributed by atoms with Gasteiger partial charge in [0, 0.05) is 0 Å². The zero-order chi connectivity index (χ0) is 24.1. The van der Waals surface area contributed by atoms with Gasteiger partial charge in [0.25, 0.3) is 5.54 Å². The van der Waals surface area contributed by atoms with E-state index in [0.29, 0.717) is 0 Å². The lowest BCUT2D eigenvalue weighted by Gasteiger charge is -2.48. The van der Waals surface area contributed by atoms with Crippen molar-refractivity contribution in [2.75, 3.05) is 0 Å². The van der Waals surface area contributed by atoms with E-state index >= 15 is 0 Å². The van der Waals surface area contributed by atoms with Crippen LogP contribution in [0.2, 0.25) is 39.3 Å². The summed E-state index contributed by atoms with van der Waals surface area (Å²) in [6, 6.07) is 0. The topological polar surface area (TPSA) is 93.1 Å². The first-order chi connectivity index (χ1) is 14.0. The van der Waals surface area contributed by atoms with Crippen molar-refractivity contribution < 1.29 is 29.0 Å². The Labute approximate surface area is 195 Å². The van der Waals surface area contributed by atoms with Gasteiger partial charge in [-0.3, -0.25) is 9.69 Å². The van der Waals surface area contributed by atoms with Crippen molar-refractivity contribution in [3.05, 3.63) is 4.91 Å². The number of fused-ring (bicyclic) bond motifs is 1. The lowest BCUT2D eigenvalue weighted by Crippen LogP contribution is -2.73. The number of β-lactam (4-membered cyclic amide) rings is 1. The first kappa shape index (κ1) is 26.3. The number of ether oxygens (including phenoxy) is 2. The summed E-state index contributed by atoms with van der Waals surface area (Å²) >= 11 is 6.14. The maximum atomic E-state index is 13.6. The average molecular weight is 504 g/mol. The van der Waals surface area contributed by atoms with Crippen molar-refractivity contribution in [3.63, 3.8) is 0 Å². The number of rotatable bonds is 7. The largest absolute Gasteiger partial charge is 0.464 e. The molecule has 0 aliphatic carbocycles. The third-order valence-corrected chi connectivity index (χ3v) is 13.0. The van der Waals surface area contributed by atoms with E-state index in [0.717, 1.165) is 11.8 Å². The second-order valence-corrected chi connectivity index (χ2v) is 22.9. The molecule has 1 amide bonds. The summed E-state index contributed by atoms with van der Waals surface area (Å²) in [6.45, 7) is 17.4. The van der Waals surface area contributed by atoms with Gasteiger partial charge >= 0.3 is 11.9 Å². The van der Waals surface area contributed by atoms with Gasteiger partial charge in [-0.25, -0.2) is 9.59 Å². The Hall–Kier alpha value is -0.976. The van der Waals surface area contributed by atoms with Crippen LogP contribution in [0.4, 0.5) is 0 Å². The predicted octanol–water partition coefficient (Wildman–Crippen LogP) is 2.74. The molecule has 0 bridgehead atoms. The molecule has 2 heterocycles. The van der Waals surface area contributed by atoms with E-state index < -0.39 is 68.4 Å². The maximum absolute atomic E-state index is 13.6. The fourth-order valence-electron chi connectivity index (χ4n) is 3.14. The number of carbonyl (C=O) groups is 3. The molecule has 0 aromatic rings. The standard InChI is InChI=1S/C20H33NO6S2Si2/c1-11(22)15-16(23)21-17(15)29-14(10-28)20(21,18(24)26-12(2)30(4,5)6)19(25)27-13(3)31(7,8)9/h11-13,15,17,22H,1-9H3/t11?,12?,13?,15-,17+,20?/m0/s1. The van der Waals surface area contributed by atoms with Crippen LogP contribution in [0.25, 0.3) is 0 Å². The number of hydrogen-bond donors (Lipinski definition) is 1. The fraction of sp³-hybridized carbons (Fsp3) is 0.750. The van der Waals surface area contributed by atoms with Crippen molar-refractivity contribution in [3.8, 4) is 0 Å².